The van der Waals surface area contributed by atoms with Gasteiger partial charge < -0.3 is 15.6 Å². The quantitative estimate of drug-likeness (QED) is 0.445. The van der Waals surface area contributed by atoms with Gasteiger partial charge in [0.05, 0.1) is 11.4 Å². The molecule has 2 heterocycles. The molecule has 4 rings (SSSR count). The number of para-hydroxylation sites is 2. The third-order valence-electron chi connectivity index (χ3n) is 5.15. The summed E-state index contributed by atoms with van der Waals surface area (Å²) in [5.41, 5.74) is 4.36. The van der Waals surface area contributed by atoms with Crippen molar-refractivity contribution in [3.63, 3.8) is 0 Å². The van der Waals surface area contributed by atoms with Crippen LogP contribution in [0.4, 0.5) is 5.69 Å². The van der Waals surface area contributed by atoms with E-state index in [-0.39, 0.29) is 5.56 Å². The number of hydrogen-bond donors (Lipinski definition) is 3. The molecule has 0 atom stereocenters. The average molecular weight is 406 g/mol. The van der Waals surface area contributed by atoms with Gasteiger partial charge in [-0.05, 0) is 49.3 Å². The molecule has 0 bridgehead atoms. The van der Waals surface area contributed by atoms with Crippen LogP contribution in [0.2, 0.25) is 0 Å². The Morgan fingerprint density at radius 1 is 1.10 bits per heavy atom. The van der Waals surface area contributed by atoms with Gasteiger partial charge >= 0.3 is 0 Å². The fourth-order valence-electron chi connectivity index (χ4n) is 3.52. The maximum Gasteiger partial charge on any atom is 0.295 e. The van der Waals surface area contributed by atoms with Crippen molar-refractivity contribution in [3.05, 3.63) is 82.4 Å². The lowest BCUT2D eigenvalue weighted by molar-refractivity contribution is 0.630. The number of benzene rings is 2. The predicted molar refractivity (Wildman–Crippen MR) is 122 cm³/mol. The van der Waals surface area contributed by atoms with E-state index >= 15 is 0 Å². The topological polar surface area (TPSA) is 66.8 Å². The third kappa shape index (κ3) is 3.69. The number of H-pyrrole nitrogens is 1. The highest BCUT2D eigenvalue weighted by atomic mass is 32.1. The van der Waals surface area contributed by atoms with Gasteiger partial charge in [0.15, 0.2) is 5.11 Å². The van der Waals surface area contributed by atoms with Crippen LogP contribution < -0.4 is 16.2 Å². The Labute approximate surface area is 174 Å². The van der Waals surface area contributed by atoms with E-state index < -0.39 is 0 Å². The molecule has 0 aliphatic heterocycles. The van der Waals surface area contributed by atoms with Crippen molar-refractivity contribution in [2.45, 2.75) is 13.3 Å². The van der Waals surface area contributed by atoms with Gasteiger partial charge in [0.25, 0.3) is 5.56 Å². The lowest BCUT2D eigenvalue weighted by Gasteiger charge is -2.09. The second kappa shape index (κ2) is 7.97. The number of fused-ring (bicyclic) bond motifs is 1. The first-order chi connectivity index (χ1) is 14.1. The number of rotatable bonds is 5. The molecule has 3 N–H and O–H groups in total. The molecule has 0 aliphatic carbocycles. The molecule has 148 valence electrons. The smallest absolute Gasteiger partial charge is 0.295 e. The first-order valence-electron chi connectivity index (χ1n) is 9.50. The third-order valence-corrected chi connectivity index (χ3v) is 5.39. The summed E-state index contributed by atoms with van der Waals surface area (Å²) >= 11 is 5.43. The Hall–Kier alpha value is -3.32. The summed E-state index contributed by atoms with van der Waals surface area (Å²) in [5, 5.41) is 7.95. The summed E-state index contributed by atoms with van der Waals surface area (Å²) in [5.74, 6) is 0. The van der Waals surface area contributed by atoms with Crippen LogP contribution in [0.3, 0.4) is 0 Å². The second-order valence-corrected chi connectivity index (χ2v) is 7.34. The van der Waals surface area contributed by atoms with Crippen molar-refractivity contribution in [3.8, 4) is 5.69 Å². The van der Waals surface area contributed by atoms with Crippen LogP contribution in [0.15, 0.2) is 65.6 Å². The molecule has 0 unspecified atom stereocenters. The Morgan fingerprint density at radius 3 is 2.62 bits per heavy atom. The van der Waals surface area contributed by atoms with Crippen LogP contribution in [0.5, 0.6) is 0 Å². The minimum absolute atomic E-state index is 0.128. The standard InChI is InChI=1S/C22H23N5OS/c1-15-20(21(28)27(26(15)2)17-8-4-3-5-9-17)25-22(29)23-13-12-16-14-24-19-11-7-6-10-18(16)19/h3-11,14,24H,12-13H2,1-2H3,(H2,23,25,29). The fourth-order valence-corrected chi connectivity index (χ4v) is 3.72. The molecule has 0 fully saturated rings. The molecule has 0 saturated carbocycles. The first kappa shape index (κ1) is 19.0. The zero-order valence-corrected chi connectivity index (χ0v) is 17.2. The molecule has 4 aromatic rings. The number of aromatic amines is 1. The predicted octanol–water partition coefficient (Wildman–Crippen LogP) is 3.49. The summed E-state index contributed by atoms with van der Waals surface area (Å²) in [6.07, 6.45) is 2.86. The van der Waals surface area contributed by atoms with Gasteiger partial charge in [-0.1, -0.05) is 36.4 Å². The fraction of sp³-hybridized carbons (Fsp3) is 0.182. The zero-order valence-electron chi connectivity index (χ0n) is 16.4. The Bertz CT molecular complexity index is 1220. The molecule has 0 aliphatic rings. The molecule has 29 heavy (non-hydrogen) atoms. The summed E-state index contributed by atoms with van der Waals surface area (Å²) in [6, 6.07) is 17.8. The van der Waals surface area contributed by atoms with Crippen molar-refractivity contribution in [2.75, 3.05) is 11.9 Å². The first-order valence-corrected chi connectivity index (χ1v) is 9.91. The molecule has 0 saturated heterocycles. The van der Waals surface area contributed by atoms with E-state index in [0.29, 0.717) is 17.3 Å². The number of nitrogens with one attached hydrogen (secondary N) is 3. The van der Waals surface area contributed by atoms with E-state index in [2.05, 4.69) is 27.8 Å². The van der Waals surface area contributed by atoms with Crippen LogP contribution >= 0.6 is 12.2 Å². The molecule has 2 aromatic heterocycles. The van der Waals surface area contributed by atoms with Crippen molar-refractivity contribution < 1.29 is 0 Å². The maximum atomic E-state index is 12.9. The van der Waals surface area contributed by atoms with Crippen molar-refractivity contribution in [2.24, 2.45) is 7.05 Å². The molecular weight excluding hydrogens is 382 g/mol. The minimum Gasteiger partial charge on any atom is -0.362 e. The lowest BCUT2D eigenvalue weighted by atomic mass is 10.1. The molecular formula is C22H23N5OS. The van der Waals surface area contributed by atoms with Crippen molar-refractivity contribution >= 4 is 33.9 Å². The van der Waals surface area contributed by atoms with E-state index in [9.17, 15) is 4.79 Å². The van der Waals surface area contributed by atoms with Gasteiger partial charge in [-0.25, -0.2) is 4.68 Å². The van der Waals surface area contributed by atoms with E-state index in [1.54, 1.807) is 4.68 Å². The molecule has 0 radical (unpaired) electrons. The monoisotopic (exact) mass is 405 g/mol. The molecule has 7 heteroatoms. The average Bonchev–Trinajstić information content (AvgIpc) is 3.23. The van der Waals surface area contributed by atoms with Gasteiger partial charge in [0, 0.05) is 30.7 Å². The highest BCUT2D eigenvalue weighted by Gasteiger charge is 2.16. The van der Waals surface area contributed by atoms with Crippen LogP contribution in [-0.4, -0.2) is 26.0 Å². The minimum atomic E-state index is -0.128. The summed E-state index contributed by atoms with van der Waals surface area (Å²) < 4.78 is 3.46. The van der Waals surface area contributed by atoms with Gasteiger partial charge in [-0.15, -0.1) is 0 Å². The maximum absolute atomic E-state index is 12.9. The summed E-state index contributed by atoms with van der Waals surface area (Å²) in [7, 11) is 1.86. The van der Waals surface area contributed by atoms with Crippen molar-refractivity contribution in [1.82, 2.24) is 19.7 Å². The van der Waals surface area contributed by atoms with Crippen LogP contribution in [0.25, 0.3) is 16.6 Å². The van der Waals surface area contributed by atoms with Gasteiger partial charge in [-0.3, -0.25) is 9.48 Å². The number of thiocarbonyl (C=S) groups is 1. The molecule has 2 aromatic carbocycles. The van der Waals surface area contributed by atoms with Crippen LogP contribution in [0.1, 0.15) is 11.3 Å². The number of nitrogens with zero attached hydrogens (tertiary/aromatic N) is 2. The zero-order chi connectivity index (χ0) is 20.4. The number of anilines is 1. The SMILES string of the molecule is Cc1c(NC(=S)NCCc2c[nH]c3ccccc23)c(=O)n(-c2ccccc2)n1C. The Kier molecular flexibility index (Phi) is 5.22. The second-order valence-electron chi connectivity index (χ2n) is 6.93. The highest BCUT2D eigenvalue weighted by molar-refractivity contribution is 7.80. The van der Waals surface area contributed by atoms with E-state index in [1.165, 1.54) is 10.9 Å². The Balaban J connectivity index is 1.44. The van der Waals surface area contributed by atoms with Crippen LogP contribution in [0, 0.1) is 6.92 Å². The molecule has 0 spiro atoms. The van der Waals surface area contributed by atoms with E-state index in [0.717, 1.165) is 23.3 Å². The normalized spacial score (nSPS) is 11.0. The van der Waals surface area contributed by atoms with E-state index in [4.69, 9.17) is 12.2 Å². The van der Waals surface area contributed by atoms with Gasteiger partial charge in [0.1, 0.15) is 5.69 Å². The number of hydrogen-bond acceptors (Lipinski definition) is 2. The van der Waals surface area contributed by atoms with Gasteiger partial charge in [0.2, 0.25) is 0 Å². The van der Waals surface area contributed by atoms with Crippen LogP contribution in [-0.2, 0) is 13.5 Å². The van der Waals surface area contributed by atoms with Crippen molar-refractivity contribution in [1.29, 1.82) is 0 Å². The summed E-state index contributed by atoms with van der Waals surface area (Å²) in [4.78, 5) is 16.2. The highest BCUT2D eigenvalue weighted by Crippen LogP contribution is 2.18. The lowest BCUT2D eigenvalue weighted by Crippen LogP contribution is -2.32. The van der Waals surface area contributed by atoms with E-state index in [1.807, 2.05) is 67.3 Å². The molecule has 0 amide bonds. The Morgan fingerprint density at radius 2 is 1.83 bits per heavy atom. The molecule has 6 nitrogen and oxygen atoms in total. The largest absolute Gasteiger partial charge is 0.362 e. The summed E-state index contributed by atoms with van der Waals surface area (Å²) in [6.45, 7) is 2.57. The van der Waals surface area contributed by atoms with Gasteiger partial charge in [-0.2, -0.15) is 0 Å². The number of aromatic nitrogens is 3.